The van der Waals surface area contributed by atoms with Gasteiger partial charge in [0.2, 0.25) is 11.8 Å². The van der Waals surface area contributed by atoms with Crippen molar-refractivity contribution in [2.45, 2.75) is 44.9 Å². The van der Waals surface area contributed by atoms with Crippen LogP contribution in [0.2, 0.25) is 0 Å². The predicted octanol–water partition coefficient (Wildman–Crippen LogP) is 4.87. The van der Waals surface area contributed by atoms with Gasteiger partial charge in [-0.25, -0.2) is 9.87 Å². The Morgan fingerprint density at radius 2 is 1.97 bits per heavy atom. The zero-order chi connectivity index (χ0) is 25.1. The number of halogens is 1. The maximum Gasteiger partial charge on any atom is 0.254 e. The molecule has 0 saturated heterocycles. The van der Waals surface area contributed by atoms with Gasteiger partial charge in [-0.3, -0.25) is 14.8 Å². The molecule has 0 saturated carbocycles. The Hall–Kier alpha value is -3.49. The summed E-state index contributed by atoms with van der Waals surface area (Å²) in [6.45, 7) is 2.01. The molecule has 1 unspecified atom stereocenters. The second-order valence-electron chi connectivity index (χ2n) is 8.15. The van der Waals surface area contributed by atoms with Crippen LogP contribution in [0.15, 0.2) is 78.0 Å². The second-order valence-corrected chi connectivity index (χ2v) is 8.15. The summed E-state index contributed by atoms with van der Waals surface area (Å²) in [6, 6.07) is 13.6. The number of hydroxylamine groups is 1. The molecule has 186 valence electrons. The van der Waals surface area contributed by atoms with Crippen LogP contribution in [0.1, 0.15) is 39.0 Å². The van der Waals surface area contributed by atoms with E-state index in [0.717, 1.165) is 10.8 Å². The largest absolute Gasteiger partial charge is 0.488 e. The van der Waals surface area contributed by atoms with Crippen LogP contribution in [0, 0.1) is 0 Å². The lowest BCUT2D eigenvalue weighted by atomic mass is 10.1. The Labute approximate surface area is 204 Å². The minimum Gasteiger partial charge on any atom is -0.488 e. The first-order valence-corrected chi connectivity index (χ1v) is 11.7. The Kier molecular flexibility index (Phi) is 9.57. The van der Waals surface area contributed by atoms with Gasteiger partial charge in [0, 0.05) is 30.5 Å². The summed E-state index contributed by atoms with van der Waals surface area (Å²) < 4.78 is 25.6. The quantitative estimate of drug-likeness (QED) is 0.174. The van der Waals surface area contributed by atoms with Crippen LogP contribution in [0.3, 0.4) is 0 Å². The van der Waals surface area contributed by atoms with Crippen LogP contribution < -0.4 is 15.5 Å². The molecule has 0 fully saturated rings. The smallest absolute Gasteiger partial charge is 0.254 e. The van der Waals surface area contributed by atoms with E-state index in [4.69, 9.17) is 14.7 Å². The third-order valence-corrected chi connectivity index (χ3v) is 5.55. The molecule has 8 heteroatoms. The Bertz CT molecular complexity index is 1120. The zero-order valence-corrected chi connectivity index (χ0v) is 19.8. The number of fused-ring (bicyclic) bond motifs is 1. The van der Waals surface area contributed by atoms with E-state index < -0.39 is 11.8 Å². The fraction of sp³-hybridized carbons (Fsp3) is 0.333. The van der Waals surface area contributed by atoms with Crippen LogP contribution in [0.4, 0.5) is 4.39 Å². The van der Waals surface area contributed by atoms with Gasteiger partial charge >= 0.3 is 0 Å². The maximum atomic E-state index is 14.5. The Morgan fingerprint density at radius 1 is 1.17 bits per heavy atom. The summed E-state index contributed by atoms with van der Waals surface area (Å²) in [7, 11) is 0. The van der Waals surface area contributed by atoms with Gasteiger partial charge < -0.3 is 14.8 Å². The summed E-state index contributed by atoms with van der Waals surface area (Å²) >= 11 is 0. The van der Waals surface area contributed by atoms with E-state index in [0.29, 0.717) is 36.3 Å². The first kappa shape index (κ1) is 26.1. The molecule has 1 atom stereocenters. The second kappa shape index (κ2) is 12.8. The lowest BCUT2D eigenvalue weighted by Gasteiger charge is -2.23. The number of hydrogen-bond acceptors (Lipinski definition) is 5. The van der Waals surface area contributed by atoms with Crippen molar-refractivity contribution in [3.05, 3.63) is 78.0 Å². The highest BCUT2D eigenvalue weighted by Crippen LogP contribution is 2.27. The molecular weight excluding hydrogens is 451 g/mol. The first-order valence-electron chi connectivity index (χ1n) is 11.7. The average Bonchev–Trinajstić information content (AvgIpc) is 2.87. The van der Waals surface area contributed by atoms with Gasteiger partial charge in [-0.1, -0.05) is 48.6 Å². The molecule has 2 amide bonds. The number of carbonyl (C=O) groups excluding carboxylic acids is 2. The molecule has 1 aliphatic carbocycles. The minimum atomic E-state index is -1.86. The number of ether oxygens (including phenoxy) is 2. The average molecular weight is 483 g/mol. The highest BCUT2D eigenvalue weighted by molar-refractivity contribution is 5.95. The van der Waals surface area contributed by atoms with E-state index >= 15 is 0 Å². The monoisotopic (exact) mass is 482 g/mol. The van der Waals surface area contributed by atoms with Gasteiger partial charge in [0.05, 0.1) is 5.57 Å². The standard InChI is InChI=1S/C27H31FN2O5/c1-2-35-27(28)17-15-22(16-18-27)29-26(32)21(10-4-3-5-14-25(31)30-33)19-34-24-13-8-11-20-9-6-7-12-23(20)24/h6-13,15-17,33H,2-5,14,18-19H2,1H3,(H,29,32)(H,30,31). The Balaban J connectivity index is 1.68. The van der Waals surface area contributed by atoms with Crippen LogP contribution in [0.5, 0.6) is 5.75 Å². The van der Waals surface area contributed by atoms with E-state index in [-0.39, 0.29) is 32.0 Å². The molecule has 35 heavy (non-hydrogen) atoms. The van der Waals surface area contributed by atoms with Crippen LogP contribution in [0.25, 0.3) is 10.8 Å². The van der Waals surface area contributed by atoms with E-state index in [1.165, 1.54) is 12.2 Å². The lowest BCUT2D eigenvalue weighted by Crippen LogP contribution is -2.31. The first-order chi connectivity index (χ1) is 16.9. The molecule has 0 spiro atoms. The highest BCUT2D eigenvalue weighted by atomic mass is 19.2. The number of allylic oxidation sites excluding steroid dienone is 2. The summed E-state index contributed by atoms with van der Waals surface area (Å²) in [5, 5.41) is 13.4. The lowest BCUT2D eigenvalue weighted by molar-refractivity contribution is -0.129. The van der Waals surface area contributed by atoms with Crippen molar-refractivity contribution in [3.63, 3.8) is 0 Å². The number of rotatable bonds is 12. The number of benzene rings is 2. The van der Waals surface area contributed by atoms with E-state index in [1.807, 2.05) is 42.5 Å². The van der Waals surface area contributed by atoms with Gasteiger partial charge in [0.15, 0.2) is 0 Å². The third kappa shape index (κ3) is 7.77. The highest BCUT2D eigenvalue weighted by Gasteiger charge is 2.28. The van der Waals surface area contributed by atoms with Gasteiger partial charge in [-0.2, -0.15) is 0 Å². The van der Waals surface area contributed by atoms with Gasteiger partial charge in [-0.05, 0) is 49.8 Å². The van der Waals surface area contributed by atoms with Gasteiger partial charge in [0.25, 0.3) is 5.91 Å². The fourth-order valence-corrected chi connectivity index (χ4v) is 3.71. The topological polar surface area (TPSA) is 96.9 Å². The van der Waals surface area contributed by atoms with Crippen LogP contribution in [-0.4, -0.2) is 36.1 Å². The molecule has 0 heterocycles. The molecule has 2 aromatic carbocycles. The number of nitrogens with one attached hydrogen (secondary N) is 2. The van der Waals surface area contributed by atoms with Crippen molar-refractivity contribution >= 4 is 22.6 Å². The normalized spacial score (nSPS) is 17.7. The fourth-order valence-electron chi connectivity index (χ4n) is 3.71. The summed E-state index contributed by atoms with van der Waals surface area (Å²) in [5.74, 6) is -1.99. The molecule has 2 aromatic rings. The van der Waals surface area contributed by atoms with Crippen molar-refractivity contribution in [1.29, 1.82) is 0 Å². The predicted molar refractivity (Wildman–Crippen MR) is 131 cm³/mol. The van der Waals surface area contributed by atoms with Crippen molar-refractivity contribution in [2.24, 2.45) is 0 Å². The third-order valence-electron chi connectivity index (χ3n) is 5.55. The summed E-state index contributed by atoms with van der Waals surface area (Å²) in [6.07, 6.45) is 8.13. The zero-order valence-electron chi connectivity index (χ0n) is 19.8. The van der Waals surface area contributed by atoms with E-state index in [9.17, 15) is 14.0 Å². The number of alkyl halides is 1. The molecule has 7 nitrogen and oxygen atoms in total. The molecule has 3 N–H and O–H groups in total. The van der Waals surface area contributed by atoms with Crippen LogP contribution in [-0.2, 0) is 14.3 Å². The van der Waals surface area contributed by atoms with Crippen molar-refractivity contribution < 1.29 is 28.7 Å². The van der Waals surface area contributed by atoms with E-state index in [1.54, 1.807) is 24.6 Å². The summed E-state index contributed by atoms with van der Waals surface area (Å²) in [4.78, 5) is 24.2. The molecule has 0 aliphatic heterocycles. The molecular formula is C27H31FN2O5. The van der Waals surface area contributed by atoms with Gasteiger partial charge in [0.1, 0.15) is 12.4 Å². The number of unbranched alkanes of at least 4 members (excludes halogenated alkanes) is 2. The maximum absolute atomic E-state index is 14.5. The molecule has 0 bridgehead atoms. The van der Waals surface area contributed by atoms with E-state index in [2.05, 4.69) is 5.32 Å². The molecule has 3 rings (SSSR count). The molecule has 0 aromatic heterocycles. The minimum absolute atomic E-state index is 0.00538. The van der Waals surface area contributed by atoms with Crippen molar-refractivity contribution in [2.75, 3.05) is 13.2 Å². The molecule has 1 aliphatic rings. The SMILES string of the molecule is CCOC1(F)C=CC(NC(=O)C(=CCCCCC(=O)NO)COc2cccc3ccccc23)=CC1. The number of hydrogen-bond donors (Lipinski definition) is 3. The molecule has 0 radical (unpaired) electrons. The van der Waals surface area contributed by atoms with Crippen LogP contribution >= 0.6 is 0 Å². The van der Waals surface area contributed by atoms with Crippen molar-refractivity contribution in [1.82, 2.24) is 10.8 Å². The Morgan fingerprint density at radius 3 is 2.71 bits per heavy atom. The number of carbonyl (C=O) groups is 2. The van der Waals surface area contributed by atoms with Crippen molar-refractivity contribution in [3.8, 4) is 5.75 Å². The van der Waals surface area contributed by atoms with Gasteiger partial charge in [-0.15, -0.1) is 0 Å². The summed E-state index contributed by atoms with van der Waals surface area (Å²) in [5.41, 5.74) is 2.51. The number of amides is 2.